The third kappa shape index (κ3) is 11.1. The molecule has 0 fully saturated rings. The van der Waals surface area contributed by atoms with Crippen molar-refractivity contribution < 1.29 is 33.3 Å². The van der Waals surface area contributed by atoms with Crippen molar-refractivity contribution in [2.45, 2.75) is 73.1 Å². The van der Waals surface area contributed by atoms with Gasteiger partial charge in [-0.3, -0.25) is 15.5 Å². The Kier molecular flexibility index (Phi) is 11.7. The van der Waals surface area contributed by atoms with E-state index in [1.807, 2.05) is 26.0 Å². The van der Waals surface area contributed by atoms with Crippen molar-refractivity contribution in [2.24, 2.45) is 0 Å². The van der Waals surface area contributed by atoms with Crippen molar-refractivity contribution in [3.63, 3.8) is 0 Å². The number of esters is 1. The number of rotatable bonds is 11. The number of hydrogen-bond acceptors (Lipinski definition) is 10. The molecule has 2 amide bonds. The van der Waals surface area contributed by atoms with E-state index in [9.17, 15) is 14.4 Å². The SMILES string of the molecule is CCOc1cccc(CNc2ncc(C)cc2C(=O)Nc2ccc(C(=N)NC(=O)OC(C)(C)C)cc2)c1OCC(=O)OC(C)(C)C. The number of carbonyl (C=O) groups is 3. The van der Waals surface area contributed by atoms with Crippen molar-refractivity contribution in [3.05, 3.63) is 77.0 Å². The van der Waals surface area contributed by atoms with Gasteiger partial charge in [0.1, 0.15) is 22.9 Å². The van der Waals surface area contributed by atoms with Gasteiger partial charge in [-0.15, -0.1) is 0 Å². The van der Waals surface area contributed by atoms with Gasteiger partial charge in [0.2, 0.25) is 0 Å². The number of hydrogen-bond donors (Lipinski definition) is 4. The predicted molar refractivity (Wildman–Crippen MR) is 176 cm³/mol. The van der Waals surface area contributed by atoms with E-state index in [1.54, 1.807) is 84.1 Å². The van der Waals surface area contributed by atoms with Crippen LogP contribution in [0.4, 0.5) is 16.3 Å². The molecule has 0 atom stereocenters. The lowest BCUT2D eigenvalue weighted by Crippen LogP contribution is -2.36. The fourth-order valence-corrected chi connectivity index (χ4v) is 4.09. The maximum atomic E-state index is 13.4. The Morgan fingerprint density at radius 2 is 1.59 bits per heavy atom. The summed E-state index contributed by atoms with van der Waals surface area (Å²) in [6, 6.07) is 13.6. The normalized spacial score (nSPS) is 11.2. The molecule has 0 aliphatic rings. The third-order valence-electron chi connectivity index (χ3n) is 5.89. The second kappa shape index (κ2) is 15.2. The summed E-state index contributed by atoms with van der Waals surface area (Å²) in [5.41, 5.74) is 1.34. The van der Waals surface area contributed by atoms with E-state index in [4.69, 9.17) is 24.4 Å². The number of para-hydroxylation sites is 1. The van der Waals surface area contributed by atoms with E-state index < -0.39 is 29.2 Å². The third-order valence-corrected chi connectivity index (χ3v) is 5.89. The van der Waals surface area contributed by atoms with Gasteiger partial charge in [0.05, 0.1) is 12.2 Å². The van der Waals surface area contributed by atoms with E-state index in [0.717, 1.165) is 5.56 Å². The molecule has 0 unspecified atom stereocenters. The quantitative estimate of drug-likeness (QED) is 0.109. The molecule has 1 heterocycles. The Morgan fingerprint density at radius 3 is 2.22 bits per heavy atom. The number of aromatic nitrogens is 1. The van der Waals surface area contributed by atoms with Crippen molar-refractivity contribution in [3.8, 4) is 11.5 Å². The molecule has 0 aliphatic heterocycles. The summed E-state index contributed by atoms with van der Waals surface area (Å²) in [5, 5.41) is 16.6. The molecule has 3 aromatic rings. The van der Waals surface area contributed by atoms with Crippen LogP contribution in [0.3, 0.4) is 0 Å². The van der Waals surface area contributed by atoms with Crippen LogP contribution in [0.2, 0.25) is 0 Å². The summed E-state index contributed by atoms with van der Waals surface area (Å²) >= 11 is 0. The lowest BCUT2D eigenvalue weighted by molar-refractivity contribution is -0.157. The number of anilines is 2. The van der Waals surface area contributed by atoms with Gasteiger partial charge in [0.25, 0.3) is 5.91 Å². The highest BCUT2D eigenvalue weighted by Crippen LogP contribution is 2.32. The Labute approximate surface area is 269 Å². The zero-order valence-electron chi connectivity index (χ0n) is 27.6. The minimum Gasteiger partial charge on any atom is -0.490 e. The monoisotopic (exact) mass is 633 g/mol. The molecule has 4 N–H and O–H groups in total. The van der Waals surface area contributed by atoms with Gasteiger partial charge in [-0.25, -0.2) is 14.6 Å². The van der Waals surface area contributed by atoms with Crippen LogP contribution >= 0.6 is 0 Å². The van der Waals surface area contributed by atoms with Crippen LogP contribution in [0, 0.1) is 12.3 Å². The van der Waals surface area contributed by atoms with Gasteiger partial charge in [0.15, 0.2) is 18.1 Å². The number of benzene rings is 2. The first-order valence-corrected chi connectivity index (χ1v) is 14.8. The second-order valence-corrected chi connectivity index (χ2v) is 12.3. The number of alkyl carbamates (subject to hydrolysis) is 1. The number of nitrogens with zero attached hydrogens (tertiary/aromatic N) is 1. The molecule has 12 nitrogen and oxygen atoms in total. The van der Waals surface area contributed by atoms with Crippen LogP contribution < -0.4 is 25.4 Å². The number of aryl methyl sites for hydroxylation is 1. The molecule has 0 spiro atoms. The average Bonchev–Trinajstić information content (AvgIpc) is 2.94. The van der Waals surface area contributed by atoms with Gasteiger partial charge in [0, 0.05) is 29.6 Å². The van der Waals surface area contributed by atoms with Crippen molar-refractivity contribution >= 4 is 35.3 Å². The summed E-state index contributed by atoms with van der Waals surface area (Å²) in [5.74, 6) is 0.136. The molecule has 0 saturated carbocycles. The van der Waals surface area contributed by atoms with E-state index in [1.165, 1.54) is 0 Å². The molecule has 3 rings (SSSR count). The number of carbonyl (C=O) groups excluding carboxylic acids is 3. The van der Waals surface area contributed by atoms with Crippen LogP contribution in [0.15, 0.2) is 54.7 Å². The molecule has 246 valence electrons. The predicted octanol–water partition coefficient (Wildman–Crippen LogP) is 6.22. The second-order valence-electron chi connectivity index (χ2n) is 12.3. The average molecular weight is 634 g/mol. The van der Waals surface area contributed by atoms with Crippen molar-refractivity contribution in [2.75, 3.05) is 23.8 Å². The molecule has 0 aliphatic carbocycles. The maximum Gasteiger partial charge on any atom is 0.413 e. The van der Waals surface area contributed by atoms with Crippen LogP contribution in [0.25, 0.3) is 0 Å². The summed E-state index contributed by atoms with van der Waals surface area (Å²) in [7, 11) is 0. The summed E-state index contributed by atoms with van der Waals surface area (Å²) in [4.78, 5) is 42.2. The first kappa shape index (κ1) is 35.4. The Bertz CT molecular complexity index is 1560. The Balaban J connectivity index is 1.73. The molecular weight excluding hydrogens is 590 g/mol. The largest absolute Gasteiger partial charge is 0.490 e. The fourth-order valence-electron chi connectivity index (χ4n) is 4.09. The van der Waals surface area contributed by atoms with Gasteiger partial charge in [-0.1, -0.05) is 12.1 Å². The van der Waals surface area contributed by atoms with E-state index in [0.29, 0.717) is 46.3 Å². The van der Waals surface area contributed by atoms with Gasteiger partial charge < -0.3 is 29.6 Å². The van der Waals surface area contributed by atoms with Gasteiger partial charge in [-0.05, 0) is 97.4 Å². The number of amidine groups is 1. The first-order valence-electron chi connectivity index (χ1n) is 14.8. The minimum absolute atomic E-state index is 0.135. The number of ether oxygens (including phenoxy) is 4. The van der Waals surface area contributed by atoms with E-state index in [-0.39, 0.29) is 19.0 Å². The molecule has 2 aromatic carbocycles. The van der Waals surface area contributed by atoms with Crippen LogP contribution in [0.1, 0.15) is 75.5 Å². The Hall–Kier alpha value is -5.13. The highest BCUT2D eigenvalue weighted by molar-refractivity contribution is 6.08. The maximum absolute atomic E-state index is 13.4. The zero-order valence-corrected chi connectivity index (χ0v) is 27.6. The van der Waals surface area contributed by atoms with E-state index >= 15 is 0 Å². The Morgan fingerprint density at radius 1 is 0.913 bits per heavy atom. The van der Waals surface area contributed by atoms with Crippen LogP contribution in [-0.2, 0) is 20.8 Å². The molecule has 46 heavy (non-hydrogen) atoms. The summed E-state index contributed by atoms with van der Waals surface area (Å²) in [6.07, 6.45) is 0.918. The number of nitrogens with one attached hydrogen (secondary N) is 4. The van der Waals surface area contributed by atoms with Gasteiger partial charge in [-0.2, -0.15) is 0 Å². The lowest BCUT2D eigenvalue weighted by atomic mass is 10.1. The van der Waals surface area contributed by atoms with Crippen LogP contribution in [0.5, 0.6) is 11.5 Å². The standard InChI is InChI=1S/C34H43N5O7/c1-9-43-26-12-10-11-23(28(26)44-20-27(40)45-33(3,4)5)19-37-30-25(17-21(2)18-36-30)31(41)38-24-15-13-22(14-16-24)29(35)39-32(42)46-34(6,7)8/h10-18H,9,19-20H2,1-8H3,(H,36,37)(H,38,41)(H2,35,39,42). The molecule has 1 aromatic heterocycles. The zero-order chi connectivity index (χ0) is 34.1. The highest BCUT2D eigenvalue weighted by atomic mass is 16.6. The summed E-state index contributed by atoms with van der Waals surface area (Å²) in [6.45, 7) is 14.5. The highest BCUT2D eigenvalue weighted by Gasteiger charge is 2.21. The van der Waals surface area contributed by atoms with Crippen LogP contribution in [-0.4, -0.2) is 53.2 Å². The van der Waals surface area contributed by atoms with Crippen molar-refractivity contribution in [1.82, 2.24) is 10.3 Å². The molecular formula is C34H43N5O7. The number of amides is 2. The topological polar surface area (TPSA) is 161 Å². The van der Waals surface area contributed by atoms with Crippen molar-refractivity contribution in [1.29, 1.82) is 5.41 Å². The van der Waals surface area contributed by atoms with Gasteiger partial charge >= 0.3 is 12.1 Å². The molecule has 0 radical (unpaired) electrons. The summed E-state index contributed by atoms with van der Waals surface area (Å²) < 4.78 is 22.2. The van der Waals surface area contributed by atoms with E-state index in [2.05, 4.69) is 20.9 Å². The first-order chi connectivity index (χ1) is 21.5. The lowest BCUT2D eigenvalue weighted by Gasteiger charge is -2.21. The molecule has 0 saturated heterocycles. The number of pyridine rings is 1. The molecule has 12 heteroatoms. The molecule has 0 bridgehead atoms. The minimum atomic E-state index is -0.729. The fraction of sp³-hybridized carbons (Fsp3) is 0.382. The smallest absolute Gasteiger partial charge is 0.413 e.